The van der Waals surface area contributed by atoms with Crippen LogP contribution in [-0.4, -0.2) is 20.7 Å². The monoisotopic (exact) mass is 294 g/mol. The predicted molar refractivity (Wildman–Crippen MR) is 85.2 cm³/mol. The lowest BCUT2D eigenvalue weighted by Crippen LogP contribution is -2.12. The minimum Gasteiger partial charge on any atom is -0.382 e. The summed E-state index contributed by atoms with van der Waals surface area (Å²) in [7, 11) is 0. The Labute approximate surface area is 129 Å². The maximum absolute atomic E-state index is 12.4. The highest BCUT2D eigenvalue weighted by molar-refractivity contribution is 5.99. The number of pyridine rings is 1. The summed E-state index contributed by atoms with van der Waals surface area (Å²) >= 11 is 0. The molecule has 1 aliphatic rings. The van der Waals surface area contributed by atoms with Gasteiger partial charge in [0.05, 0.1) is 0 Å². The van der Waals surface area contributed by atoms with E-state index in [4.69, 9.17) is 5.73 Å². The molecule has 0 saturated carbocycles. The number of carbonyl (C=O) groups is 1. The SMILES string of the molecule is Nc1nccnc1C(=O)Cc1cnccc1C1=CCCCC1. The molecule has 0 fully saturated rings. The topological polar surface area (TPSA) is 81.8 Å². The summed E-state index contributed by atoms with van der Waals surface area (Å²) in [6, 6.07) is 1.99. The van der Waals surface area contributed by atoms with Crippen LogP contribution in [0.5, 0.6) is 0 Å². The van der Waals surface area contributed by atoms with E-state index in [1.165, 1.54) is 30.8 Å². The molecule has 0 radical (unpaired) electrons. The molecule has 5 heteroatoms. The fourth-order valence-corrected chi connectivity index (χ4v) is 2.78. The summed E-state index contributed by atoms with van der Waals surface area (Å²) in [6.07, 6.45) is 13.6. The second-order valence-electron chi connectivity index (χ2n) is 5.40. The van der Waals surface area contributed by atoms with Crippen molar-refractivity contribution in [2.45, 2.75) is 32.1 Å². The van der Waals surface area contributed by atoms with Crippen LogP contribution in [0, 0.1) is 0 Å². The van der Waals surface area contributed by atoms with Gasteiger partial charge in [0.1, 0.15) is 5.69 Å². The molecule has 2 aromatic heterocycles. The normalized spacial score (nSPS) is 14.5. The van der Waals surface area contributed by atoms with Crippen molar-refractivity contribution in [1.29, 1.82) is 0 Å². The lowest BCUT2D eigenvalue weighted by Gasteiger charge is -2.16. The molecule has 0 unspecified atom stereocenters. The van der Waals surface area contributed by atoms with Crippen molar-refractivity contribution in [3.8, 4) is 0 Å². The first kappa shape index (κ1) is 14.4. The zero-order chi connectivity index (χ0) is 15.4. The summed E-state index contributed by atoms with van der Waals surface area (Å²) in [5, 5.41) is 0. The number of allylic oxidation sites excluding steroid dienone is 2. The fraction of sp³-hybridized carbons (Fsp3) is 0.294. The number of anilines is 1. The van der Waals surface area contributed by atoms with Crippen molar-refractivity contribution >= 4 is 17.2 Å². The van der Waals surface area contributed by atoms with E-state index >= 15 is 0 Å². The number of hydrogen-bond acceptors (Lipinski definition) is 5. The van der Waals surface area contributed by atoms with Gasteiger partial charge in [0.15, 0.2) is 11.6 Å². The molecule has 0 spiro atoms. The van der Waals surface area contributed by atoms with E-state index in [1.807, 2.05) is 6.07 Å². The highest BCUT2D eigenvalue weighted by Crippen LogP contribution is 2.29. The maximum atomic E-state index is 12.4. The maximum Gasteiger partial charge on any atom is 0.189 e. The van der Waals surface area contributed by atoms with E-state index in [9.17, 15) is 4.79 Å². The molecule has 0 aromatic carbocycles. The second-order valence-corrected chi connectivity index (χ2v) is 5.40. The van der Waals surface area contributed by atoms with Crippen LogP contribution in [0.1, 0.15) is 47.3 Å². The number of carbonyl (C=O) groups excluding carboxylic acids is 1. The Kier molecular flexibility index (Phi) is 4.23. The molecule has 2 N–H and O–H groups in total. The quantitative estimate of drug-likeness (QED) is 0.877. The molecule has 0 saturated heterocycles. The van der Waals surface area contributed by atoms with Gasteiger partial charge in [0, 0.05) is 31.2 Å². The third-order valence-electron chi connectivity index (χ3n) is 3.88. The number of aromatic nitrogens is 3. The van der Waals surface area contributed by atoms with E-state index in [1.54, 1.807) is 12.4 Å². The van der Waals surface area contributed by atoms with Crippen LogP contribution in [0.25, 0.3) is 5.57 Å². The van der Waals surface area contributed by atoms with Gasteiger partial charge in [-0.05, 0) is 48.4 Å². The van der Waals surface area contributed by atoms with Gasteiger partial charge in [-0.15, -0.1) is 0 Å². The van der Waals surface area contributed by atoms with Gasteiger partial charge in [0.25, 0.3) is 0 Å². The van der Waals surface area contributed by atoms with Crippen molar-refractivity contribution in [2.24, 2.45) is 0 Å². The minimum absolute atomic E-state index is 0.128. The number of ketones is 1. The van der Waals surface area contributed by atoms with Crippen molar-refractivity contribution in [3.05, 3.63) is 53.8 Å². The summed E-state index contributed by atoms with van der Waals surface area (Å²) in [4.78, 5) is 24.6. The highest BCUT2D eigenvalue weighted by Gasteiger charge is 2.17. The fourth-order valence-electron chi connectivity index (χ4n) is 2.78. The minimum atomic E-state index is -0.128. The Morgan fingerprint density at radius 3 is 2.82 bits per heavy atom. The van der Waals surface area contributed by atoms with Crippen LogP contribution in [0.2, 0.25) is 0 Å². The number of rotatable bonds is 4. The van der Waals surface area contributed by atoms with Gasteiger partial charge in [-0.1, -0.05) is 6.08 Å². The summed E-state index contributed by atoms with van der Waals surface area (Å²) in [6.45, 7) is 0. The molecule has 0 aliphatic heterocycles. The van der Waals surface area contributed by atoms with Crippen LogP contribution in [-0.2, 0) is 6.42 Å². The predicted octanol–water partition coefficient (Wildman–Crippen LogP) is 2.84. The van der Waals surface area contributed by atoms with Crippen LogP contribution in [0.15, 0.2) is 36.9 Å². The third kappa shape index (κ3) is 3.03. The van der Waals surface area contributed by atoms with Gasteiger partial charge in [-0.2, -0.15) is 0 Å². The van der Waals surface area contributed by atoms with E-state index in [-0.39, 0.29) is 23.7 Å². The second kappa shape index (κ2) is 6.47. The van der Waals surface area contributed by atoms with Crippen LogP contribution in [0.3, 0.4) is 0 Å². The number of nitrogen functional groups attached to an aromatic ring is 1. The number of nitrogens with zero attached hydrogens (tertiary/aromatic N) is 3. The van der Waals surface area contributed by atoms with Crippen molar-refractivity contribution in [2.75, 3.05) is 5.73 Å². The molecule has 2 heterocycles. The molecule has 112 valence electrons. The molecule has 1 aliphatic carbocycles. The first-order valence-corrected chi connectivity index (χ1v) is 7.47. The van der Waals surface area contributed by atoms with Crippen LogP contribution >= 0.6 is 0 Å². The van der Waals surface area contributed by atoms with Gasteiger partial charge >= 0.3 is 0 Å². The number of Topliss-reactive ketones (excluding diaryl/α,β-unsaturated/α-hetero) is 1. The Hall–Kier alpha value is -2.56. The zero-order valence-electron chi connectivity index (χ0n) is 12.3. The van der Waals surface area contributed by atoms with E-state index in [0.717, 1.165) is 24.0 Å². The van der Waals surface area contributed by atoms with Crippen molar-refractivity contribution in [3.63, 3.8) is 0 Å². The first-order valence-electron chi connectivity index (χ1n) is 7.47. The molecular formula is C17H18N4O. The van der Waals surface area contributed by atoms with Crippen LogP contribution < -0.4 is 5.73 Å². The lowest BCUT2D eigenvalue weighted by atomic mass is 9.90. The van der Waals surface area contributed by atoms with Crippen LogP contribution in [0.4, 0.5) is 5.82 Å². The summed E-state index contributed by atoms with van der Waals surface area (Å²) in [5.74, 6) is 0.0473. The molecule has 0 atom stereocenters. The average molecular weight is 294 g/mol. The molecular weight excluding hydrogens is 276 g/mol. The Bertz CT molecular complexity index is 724. The smallest absolute Gasteiger partial charge is 0.189 e. The Balaban J connectivity index is 1.88. The molecule has 2 aromatic rings. The zero-order valence-corrected chi connectivity index (χ0v) is 12.3. The molecule has 22 heavy (non-hydrogen) atoms. The summed E-state index contributed by atoms with van der Waals surface area (Å²) in [5.41, 5.74) is 9.31. The average Bonchev–Trinajstić information content (AvgIpc) is 2.56. The standard InChI is InChI=1S/C17H18N4O/c18-17-16(20-8-9-21-17)15(22)10-13-11-19-7-6-14(13)12-4-2-1-3-5-12/h4,6-9,11H,1-3,5,10H2,(H2,18,21). The van der Waals surface area contributed by atoms with E-state index in [2.05, 4.69) is 21.0 Å². The van der Waals surface area contributed by atoms with Crippen molar-refractivity contribution < 1.29 is 4.79 Å². The van der Waals surface area contributed by atoms with Crippen molar-refractivity contribution in [1.82, 2.24) is 15.0 Å². The summed E-state index contributed by atoms with van der Waals surface area (Å²) < 4.78 is 0. The molecule has 3 rings (SSSR count). The lowest BCUT2D eigenvalue weighted by molar-refractivity contribution is 0.0988. The first-order chi connectivity index (χ1) is 10.8. The molecule has 5 nitrogen and oxygen atoms in total. The van der Waals surface area contributed by atoms with Gasteiger partial charge in [-0.25, -0.2) is 9.97 Å². The Morgan fingerprint density at radius 2 is 2.05 bits per heavy atom. The van der Waals surface area contributed by atoms with Gasteiger partial charge in [-0.3, -0.25) is 9.78 Å². The Morgan fingerprint density at radius 1 is 1.18 bits per heavy atom. The number of hydrogen-bond donors (Lipinski definition) is 1. The van der Waals surface area contributed by atoms with E-state index in [0.29, 0.717) is 0 Å². The van der Waals surface area contributed by atoms with Gasteiger partial charge in [0.2, 0.25) is 0 Å². The van der Waals surface area contributed by atoms with E-state index < -0.39 is 0 Å². The number of nitrogens with two attached hydrogens (primary N) is 1. The highest BCUT2D eigenvalue weighted by atomic mass is 16.1. The van der Waals surface area contributed by atoms with Gasteiger partial charge < -0.3 is 5.73 Å². The third-order valence-corrected chi connectivity index (χ3v) is 3.88. The largest absolute Gasteiger partial charge is 0.382 e. The molecule has 0 bridgehead atoms. The molecule has 0 amide bonds.